The number of halogens is 2. The fourth-order valence-electron chi connectivity index (χ4n) is 3.36. The molecule has 6 nitrogen and oxygen atoms in total. The van der Waals surface area contributed by atoms with Crippen molar-refractivity contribution in [3.8, 4) is 0 Å². The number of fused-ring (bicyclic) bond motifs is 1. The van der Waals surface area contributed by atoms with E-state index in [1.807, 2.05) is 24.3 Å². The monoisotopic (exact) mass is 345 g/mol. The van der Waals surface area contributed by atoms with Gasteiger partial charge in [0, 0.05) is 13.6 Å². The number of aryl methyl sites for hydroxylation is 1. The van der Waals surface area contributed by atoms with E-state index in [0.29, 0.717) is 6.54 Å². The van der Waals surface area contributed by atoms with Gasteiger partial charge in [-0.3, -0.25) is 9.48 Å². The number of nitrogens with zero attached hydrogens (tertiary/aromatic N) is 4. The molecule has 3 heterocycles. The second-order valence-corrected chi connectivity index (χ2v) is 6.17. The van der Waals surface area contributed by atoms with Gasteiger partial charge in [-0.2, -0.15) is 5.10 Å². The summed E-state index contributed by atoms with van der Waals surface area (Å²) in [7, 11) is 1.42. The third-order valence-corrected chi connectivity index (χ3v) is 4.60. The van der Waals surface area contributed by atoms with Gasteiger partial charge >= 0.3 is 0 Å². The molecule has 1 N–H and O–H groups in total. The first kappa shape index (κ1) is 15.7. The van der Waals surface area contributed by atoms with Gasteiger partial charge in [0.25, 0.3) is 12.3 Å². The lowest BCUT2D eigenvalue weighted by atomic mass is 10.2. The van der Waals surface area contributed by atoms with Crippen molar-refractivity contribution in [3.05, 3.63) is 47.5 Å². The molecule has 1 aliphatic rings. The molecule has 0 spiro atoms. The number of H-pyrrole nitrogens is 1. The fourth-order valence-corrected chi connectivity index (χ4v) is 3.36. The summed E-state index contributed by atoms with van der Waals surface area (Å²) in [6, 6.07) is 8.63. The summed E-state index contributed by atoms with van der Waals surface area (Å²) in [5.41, 5.74) is 1.54. The summed E-state index contributed by atoms with van der Waals surface area (Å²) in [5, 5.41) is 3.96. The summed E-state index contributed by atoms with van der Waals surface area (Å²) in [6.07, 6.45) is -1.05. The summed E-state index contributed by atoms with van der Waals surface area (Å²) in [4.78, 5) is 22.3. The van der Waals surface area contributed by atoms with E-state index in [4.69, 9.17) is 0 Å². The van der Waals surface area contributed by atoms with E-state index in [2.05, 4.69) is 15.1 Å². The number of aromatic nitrogens is 4. The van der Waals surface area contributed by atoms with Crippen LogP contribution in [0.5, 0.6) is 0 Å². The predicted octanol–water partition coefficient (Wildman–Crippen LogP) is 3.21. The number of hydrogen-bond donors (Lipinski definition) is 1. The molecule has 2 aromatic heterocycles. The molecule has 1 atom stereocenters. The molecule has 1 unspecified atom stereocenters. The molecular formula is C17H17F2N5O. The minimum Gasteiger partial charge on any atom is -0.340 e. The number of likely N-dealkylation sites (tertiary alicyclic amines) is 1. The Kier molecular flexibility index (Phi) is 3.74. The number of rotatable bonds is 3. The van der Waals surface area contributed by atoms with E-state index in [0.717, 1.165) is 34.4 Å². The van der Waals surface area contributed by atoms with E-state index < -0.39 is 6.43 Å². The number of amides is 1. The second kappa shape index (κ2) is 5.94. The smallest absolute Gasteiger partial charge is 0.280 e. The van der Waals surface area contributed by atoms with Gasteiger partial charge in [-0.15, -0.1) is 0 Å². The molecule has 25 heavy (non-hydrogen) atoms. The summed E-state index contributed by atoms with van der Waals surface area (Å²) >= 11 is 0. The van der Waals surface area contributed by atoms with Crippen molar-refractivity contribution in [2.75, 3.05) is 6.54 Å². The average molecular weight is 345 g/mol. The number of carbonyl (C=O) groups excluding carboxylic acids is 1. The van der Waals surface area contributed by atoms with Gasteiger partial charge in [-0.1, -0.05) is 12.1 Å². The van der Waals surface area contributed by atoms with Crippen molar-refractivity contribution in [3.63, 3.8) is 0 Å². The molecule has 130 valence electrons. The van der Waals surface area contributed by atoms with Crippen LogP contribution in [0.3, 0.4) is 0 Å². The predicted molar refractivity (Wildman–Crippen MR) is 87.3 cm³/mol. The Hall–Kier alpha value is -2.77. The zero-order chi connectivity index (χ0) is 17.6. The molecule has 1 aromatic carbocycles. The van der Waals surface area contributed by atoms with Crippen LogP contribution < -0.4 is 0 Å². The van der Waals surface area contributed by atoms with Crippen molar-refractivity contribution >= 4 is 16.9 Å². The number of nitrogens with one attached hydrogen (secondary N) is 1. The number of hydrogen-bond acceptors (Lipinski definition) is 3. The van der Waals surface area contributed by atoms with Gasteiger partial charge < -0.3 is 9.88 Å². The highest BCUT2D eigenvalue weighted by molar-refractivity contribution is 5.93. The first-order valence-corrected chi connectivity index (χ1v) is 8.12. The number of benzene rings is 1. The van der Waals surface area contributed by atoms with Crippen molar-refractivity contribution in [1.29, 1.82) is 0 Å². The Balaban J connectivity index is 1.64. The largest absolute Gasteiger partial charge is 0.340 e. The Bertz CT molecular complexity index is 899. The molecule has 0 radical (unpaired) electrons. The van der Waals surface area contributed by atoms with Gasteiger partial charge in [0.2, 0.25) is 0 Å². The van der Waals surface area contributed by atoms with Crippen molar-refractivity contribution in [1.82, 2.24) is 24.6 Å². The van der Waals surface area contributed by atoms with E-state index in [9.17, 15) is 13.6 Å². The van der Waals surface area contributed by atoms with Crippen LogP contribution in [0.2, 0.25) is 0 Å². The zero-order valence-electron chi connectivity index (χ0n) is 13.6. The zero-order valence-corrected chi connectivity index (χ0v) is 13.6. The van der Waals surface area contributed by atoms with Gasteiger partial charge in [-0.05, 0) is 31.0 Å². The topological polar surface area (TPSA) is 66.8 Å². The molecule has 1 fully saturated rings. The maximum absolute atomic E-state index is 12.9. The third kappa shape index (κ3) is 2.67. The molecular weight excluding hydrogens is 328 g/mol. The van der Waals surface area contributed by atoms with Crippen molar-refractivity contribution < 1.29 is 13.6 Å². The molecule has 1 aliphatic heterocycles. The first-order valence-electron chi connectivity index (χ1n) is 8.12. The minimum atomic E-state index is -2.66. The normalized spacial score (nSPS) is 17.8. The lowest BCUT2D eigenvalue weighted by Crippen LogP contribution is -2.31. The molecule has 1 saturated heterocycles. The highest BCUT2D eigenvalue weighted by Crippen LogP contribution is 2.33. The summed E-state index contributed by atoms with van der Waals surface area (Å²) < 4.78 is 26.9. The highest BCUT2D eigenvalue weighted by atomic mass is 19.3. The number of aromatic amines is 1. The van der Waals surface area contributed by atoms with Crippen LogP contribution in [-0.4, -0.2) is 37.1 Å². The van der Waals surface area contributed by atoms with Crippen LogP contribution in [-0.2, 0) is 7.05 Å². The molecule has 0 aliphatic carbocycles. The van der Waals surface area contributed by atoms with Gasteiger partial charge in [0.05, 0.1) is 17.1 Å². The van der Waals surface area contributed by atoms with E-state index >= 15 is 0 Å². The van der Waals surface area contributed by atoms with Crippen LogP contribution >= 0.6 is 0 Å². The summed E-state index contributed by atoms with van der Waals surface area (Å²) in [6.45, 7) is 0.557. The number of imidazole rings is 1. The Morgan fingerprint density at radius 3 is 2.88 bits per heavy atom. The van der Waals surface area contributed by atoms with Gasteiger partial charge in [0.15, 0.2) is 5.69 Å². The number of alkyl halides is 2. The van der Waals surface area contributed by atoms with Crippen molar-refractivity contribution in [2.24, 2.45) is 7.05 Å². The average Bonchev–Trinajstić information content (AvgIpc) is 3.30. The molecule has 3 aromatic rings. The van der Waals surface area contributed by atoms with E-state index in [-0.39, 0.29) is 23.3 Å². The SMILES string of the molecule is Cn1nc(C(=O)N2CCCC2c2nc3ccccc3[nH]2)cc1C(F)F. The molecule has 0 bridgehead atoms. The van der Waals surface area contributed by atoms with Crippen LogP contribution in [0.25, 0.3) is 11.0 Å². The molecule has 0 saturated carbocycles. The molecule has 8 heteroatoms. The minimum absolute atomic E-state index is 0.0424. The maximum Gasteiger partial charge on any atom is 0.280 e. The van der Waals surface area contributed by atoms with Crippen LogP contribution in [0, 0.1) is 0 Å². The molecule has 1 amide bonds. The maximum atomic E-state index is 12.9. The van der Waals surface area contributed by atoms with Crippen LogP contribution in [0.15, 0.2) is 30.3 Å². The van der Waals surface area contributed by atoms with E-state index in [1.165, 1.54) is 13.1 Å². The first-order chi connectivity index (χ1) is 12.0. The quantitative estimate of drug-likeness (QED) is 0.793. The second-order valence-electron chi connectivity index (χ2n) is 6.17. The Morgan fingerprint density at radius 2 is 2.16 bits per heavy atom. The Morgan fingerprint density at radius 1 is 1.36 bits per heavy atom. The fraction of sp³-hybridized carbons (Fsp3) is 0.353. The third-order valence-electron chi connectivity index (χ3n) is 4.60. The lowest BCUT2D eigenvalue weighted by molar-refractivity contribution is 0.0723. The van der Waals surface area contributed by atoms with Crippen molar-refractivity contribution in [2.45, 2.75) is 25.3 Å². The van der Waals surface area contributed by atoms with Gasteiger partial charge in [-0.25, -0.2) is 13.8 Å². The van der Waals surface area contributed by atoms with E-state index in [1.54, 1.807) is 4.90 Å². The highest BCUT2D eigenvalue weighted by Gasteiger charge is 2.34. The summed E-state index contributed by atoms with van der Waals surface area (Å²) in [5.74, 6) is 0.377. The number of carbonyl (C=O) groups is 1. The van der Waals surface area contributed by atoms with Crippen LogP contribution in [0.4, 0.5) is 8.78 Å². The Labute approximate surface area is 142 Å². The van der Waals surface area contributed by atoms with Gasteiger partial charge in [0.1, 0.15) is 11.5 Å². The lowest BCUT2D eigenvalue weighted by Gasteiger charge is -2.22. The van der Waals surface area contributed by atoms with Crippen LogP contribution in [0.1, 0.15) is 47.3 Å². The molecule has 4 rings (SSSR count). The number of para-hydroxylation sites is 2. The standard InChI is InChI=1S/C17H17F2N5O/c1-23-14(15(18)19)9-12(22-23)17(25)24-8-4-7-13(24)16-20-10-5-2-3-6-11(10)21-16/h2-3,5-6,9,13,15H,4,7-8H2,1H3,(H,20,21).